The van der Waals surface area contributed by atoms with E-state index < -0.39 is 0 Å². The molecule has 0 amide bonds. The van der Waals surface area contributed by atoms with Crippen molar-refractivity contribution in [1.29, 1.82) is 0 Å². The molecule has 1 aromatic rings. The lowest BCUT2D eigenvalue weighted by Gasteiger charge is -2.30. The largest absolute Gasteiger partial charge is 0.352 e. The van der Waals surface area contributed by atoms with E-state index in [4.69, 9.17) is 11.6 Å². The van der Waals surface area contributed by atoms with Gasteiger partial charge in [0.2, 0.25) is 0 Å². The minimum Gasteiger partial charge on any atom is -0.352 e. The molecule has 1 aliphatic rings. The van der Waals surface area contributed by atoms with Gasteiger partial charge in [-0.3, -0.25) is 0 Å². The zero-order valence-electron chi connectivity index (χ0n) is 10.1. The lowest BCUT2D eigenvalue weighted by Crippen LogP contribution is -2.36. The smallest absolute Gasteiger partial charge is 0.129 e. The predicted octanol–water partition coefficient (Wildman–Crippen LogP) is 4.14. The molecule has 0 bridgehead atoms. The van der Waals surface area contributed by atoms with Crippen molar-refractivity contribution in [3.8, 4) is 0 Å². The van der Waals surface area contributed by atoms with Crippen molar-refractivity contribution >= 4 is 33.3 Å². The molecule has 4 heteroatoms. The minimum absolute atomic E-state index is 0.437. The van der Waals surface area contributed by atoms with Gasteiger partial charge in [0.25, 0.3) is 0 Å². The van der Waals surface area contributed by atoms with E-state index in [-0.39, 0.29) is 0 Å². The number of hydrogen-bond donors (Lipinski definition) is 0. The lowest BCUT2D eigenvalue weighted by atomic mass is 10.1. The molecule has 0 radical (unpaired) electrons. The second-order valence-corrected chi connectivity index (χ2v) is 5.75. The Balaban J connectivity index is 2.25. The van der Waals surface area contributed by atoms with E-state index in [1.807, 2.05) is 6.92 Å². The van der Waals surface area contributed by atoms with Crippen molar-refractivity contribution in [1.82, 2.24) is 4.98 Å². The van der Waals surface area contributed by atoms with E-state index in [1.165, 1.54) is 25.7 Å². The maximum atomic E-state index is 6.09. The van der Waals surface area contributed by atoms with Crippen LogP contribution in [0.3, 0.4) is 0 Å². The maximum absolute atomic E-state index is 6.09. The molecule has 1 atom stereocenters. The maximum Gasteiger partial charge on any atom is 0.129 e. The Morgan fingerprint density at radius 1 is 1.41 bits per heavy atom. The number of anilines is 1. The summed E-state index contributed by atoms with van der Waals surface area (Å²) in [5.41, 5.74) is 1.04. The Bertz CT molecular complexity index is 384. The minimum atomic E-state index is 0.437. The van der Waals surface area contributed by atoms with Crippen LogP contribution in [0.4, 0.5) is 5.82 Å². The molecule has 0 saturated carbocycles. The third-order valence-electron chi connectivity index (χ3n) is 3.36. The fraction of sp³-hybridized carbons (Fsp3) is 0.615. The number of aromatic nitrogens is 1. The predicted molar refractivity (Wildman–Crippen MR) is 77.0 cm³/mol. The van der Waals surface area contributed by atoms with E-state index in [9.17, 15) is 0 Å². The van der Waals surface area contributed by atoms with Gasteiger partial charge in [-0.25, -0.2) is 4.98 Å². The van der Waals surface area contributed by atoms with Crippen molar-refractivity contribution < 1.29 is 0 Å². The standard InChI is InChI=1S/C13H18BrClN2/c1-10-12(14)6-7-13(16-10)17-8-4-2-3-5-11(17)9-15/h6-7,11H,2-5,8-9H2,1H3. The zero-order chi connectivity index (χ0) is 12.3. The Morgan fingerprint density at radius 3 is 2.94 bits per heavy atom. The van der Waals surface area contributed by atoms with Crippen molar-refractivity contribution in [2.75, 3.05) is 17.3 Å². The molecule has 1 saturated heterocycles. The molecule has 1 unspecified atom stereocenters. The van der Waals surface area contributed by atoms with Gasteiger partial charge in [-0.2, -0.15) is 0 Å². The highest BCUT2D eigenvalue weighted by Crippen LogP contribution is 2.25. The fourth-order valence-corrected chi connectivity index (χ4v) is 2.87. The van der Waals surface area contributed by atoms with E-state index in [2.05, 4.69) is 37.9 Å². The van der Waals surface area contributed by atoms with Gasteiger partial charge in [-0.05, 0) is 47.8 Å². The number of nitrogens with zero attached hydrogens (tertiary/aromatic N) is 2. The van der Waals surface area contributed by atoms with Crippen LogP contribution in [0, 0.1) is 6.92 Å². The number of pyridine rings is 1. The summed E-state index contributed by atoms with van der Waals surface area (Å²) in [5, 5.41) is 0. The average molecular weight is 318 g/mol. The fourth-order valence-electron chi connectivity index (χ4n) is 2.33. The first-order chi connectivity index (χ1) is 8.22. The van der Waals surface area contributed by atoms with Gasteiger partial charge in [0.05, 0.1) is 5.69 Å². The van der Waals surface area contributed by atoms with Gasteiger partial charge in [-0.1, -0.05) is 12.8 Å². The van der Waals surface area contributed by atoms with Gasteiger partial charge in [0, 0.05) is 22.9 Å². The zero-order valence-corrected chi connectivity index (χ0v) is 12.5. The molecule has 94 valence electrons. The Kier molecular flexibility index (Phi) is 4.69. The summed E-state index contributed by atoms with van der Waals surface area (Å²) < 4.78 is 1.07. The first kappa shape index (κ1) is 13.2. The molecule has 2 nitrogen and oxygen atoms in total. The van der Waals surface area contributed by atoms with Crippen LogP contribution in [-0.4, -0.2) is 23.5 Å². The molecule has 2 rings (SSSR count). The number of alkyl halides is 1. The Labute approximate surface area is 116 Å². The number of aryl methyl sites for hydroxylation is 1. The summed E-state index contributed by atoms with van der Waals surface area (Å²) in [6.07, 6.45) is 5.01. The van der Waals surface area contributed by atoms with Crippen LogP contribution in [0.5, 0.6) is 0 Å². The van der Waals surface area contributed by atoms with Crippen LogP contribution in [0.25, 0.3) is 0 Å². The number of rotatable bonds is 2. The molecule has 17 heavy (non-hydrogen) atoms. The summed E-state index contributed by atoms with van der Waals surface area (Å²) in [6, 6.07) is 4.60. The SMILES string of the molecule is Cc1nc(N2CCCCCC2CCl)ccc1Br. The van der Waals surface area contributed by atoms with Gasteiger partial charge >= 0.3 is 0 Å². The molecule has 1 aliphatic heterocycles. The van der Waals surface area contributed by atoms with Crippen LogP contribution in [-0.2, 0) is 0 Å². The third kappa shape index (κ3) is 3.14. The Hall–Kier alpha value is -0.280. The summed E-state index contributed by atoms with van der Waals surface area (Å²) in [7, 11) is 0. The van der Waals surface area contributed by atoms with E-state index >= 15 is 0 Å². The van der Waals surface area contributed by atoms with Crippen LogP contribution in [0.15, 0.2) is 16.6 Å². The van der Waals surface area contributed by atoms with Crippen LogP contribution in [0.2, 0.25) is 0 Å². The average Bonchev–Trinajstić information content (AvgIpc) is 2.57. The molecule has 1 fully saturated rings. The highest BCUT2D eigenvalue weighted by Gasteiger charge is 2.21. The van der Waals surface area contributed by atoms with E-state index in [1.54, 1.807) is 0 Å². The summed E-state index contributed by atoms with van der Waals surface area (Å²) in [6.45, 7) is 3.10. The molecular weight excluding hydrogens is 300 g/mol. The van der Waals surface area contributed by atoms with Gasteiger partial charge in [0.15, 0.2) is 0 Å². The molecule has 0 aliphatic carbocycles. The van der Waals surface area contributed by atoms with E-state index in [0.29, 0.717) is 11.9 Å². The second kappa shape index (κ2) is 6.05. The number of hydrogen-bond acceptors (Lipinski definition) is 2. The molecular formula is C13H18BrClN2. The first-order valence-electron chi connectivity index (χ1n) is 6.18. The summed E-state index contributed by atoms with van der Waals surface area (Å²) >= 11 is 9.58. The topological polar surface area (TPSA) is 16.1 Å². The van der Waals surface area contributed by atoms with Crippen LogP contribution in [0.1, 0.15) is 31.4 Å². The van der Waals surface area contributed by atoms with Crippen molar-refractivity contribution in [2.45, 2.75) is 38.6 Å². The van der Waals surface area contributed by atoms with Crippen molar-refractivity contribution in [3.63, 3.8) is 0 Å². The molecule has 0 aromatic carbocycles. The first-order valence-corrected chi connectivity index (χ1v) is 7.51. The second-order valence-electron chi connectivity index (χ2n) is 4.59. The van der Waals surface area contributed by atoms with E-state index in [0.717, 1.165) is 22.5 Å². The van der Waals surface area contributed by atoms with Gasteiger partial charge in [0.1, 0.15) is 5.82 Å². The highest BCUT2D eigenvalue weighted by atomic mass is 79.9. The quantitative estimate of drug-likeness (QED) is 0.762. The van der Waals surface area contributed by atoms with Crippen LogP contribution < -0.4 is 4.90 Å². The normalized spacial score (nSPS) is 21.4. The molecule has 2 heterocycles. The monoisotopic (exact) mass is 316 g/mol. The molecule has 0 N–H and O–H groups in total. The third-order valence-corrected chi connectivity index (χ3v) is 4.55. The lowest BCUT2D eigenvalue weighted by molar-refractivity contribution is 0.615. The summed E-state index contributed by atoms with van der Waals surface area (Å²) in [4.78, 5) is 7.03. The van der Waals surface area contributed by atoms with Crippen molar-refractivity contribution in [3.05, 3.63) is 22.3 Å². The highest BCUT2D eigenvalue weighted by molar-refractivity contribution is 9.10. The van der Waals surface area contributed by atoms with Gasteiger partial charge in [-0.15, -0.1) is 11.6 Å². The number of halogens is 2. The van der Waals surface area contributed by atoms with Gasteiger partial charge < -0.3 is 4.90 Å². The Morgan fingerprint density at radius 2 is 2.24 bits per heavy atom. The van der Waals surface area contributed by atoms with Crippen LogP contribution >= 0.6 is 27.5 Å². The molecule has 0 spiro atoms. The summed E-state index contributed by atoms with van der Waals surface area (Å²) in [5.74, 6) is 1.76. The van der Waals surface area contributed by atoms with Crippen molar-refractivity contribution in [2.24, 2.45) is 0 Å². The molecule has 1 aromatic heterocycles.